The second-order valence-corrected chi connectivity index (χ2v) is 7.70. The van der Waals surface area contributed by atoms with Gasteiger partial charge in [0.05, 0.1) is 16.8 Å². The standard InChI is InChI=1S/C14H26N2OS/c1-12(2,3)10-8-18-11(16-10)14(6,15)9-13(4,5)17-7/h8H,9,15H2,1-7H3. The maximum Gasteiger partial charge on any atom is 0.113 e. The maximum atomic E-state index is 6.42. The fraction of sp³-hybridized carbons (Fsp3) is 0.786. The van der Waals surface area contributed by atoms with Gasteiger partial charge in [-0.2, -0.15) is 0 Å². The van der Waals surface area contributed by atoms with E-state index < -0.39 is 5.54 Å². The minimum Gasteiger partial charge on any atom is -0.379 e. The van der Waals surface area contributed by atoms with Crippen LogP contribution in [0.5, 0.6) is 0 Å². The predicted octanol–water partition coefficient (Wildman–Crippen LogP) is 3.43. The van der Waals surface area contributed by atoms with Crippen molar-refractivity contribution in [3.8, 4) is 0 Å². The number of nitrogens with zero attached hydrogens (tertiary/aromatic N) is 1. The van der Waals surface area contributed by atoms with Gasteiger partial charge in [0.25, 0.3) is 0 Å². The molecule has 0 bridgehead atoms. The van der Waals surface area contributed by atoms with Crippen LogP contribution < -0.4 is 5.73 Å². The van der Waals surface area contributed by atoms with E-state index in [1.54, 1.807) is 18.4 Å². The second-order valence-electron chi connectivity index (χ2n) is 6.85. The summed E-state index contributed by atoms with van der Waals surface area (Å²) in [5.74, 6) is 0. The zero-order valence-electron chi connectivity index (χ0n) is 12.6. The fourth-order valence-corrected chi connectivity index (χ4v) is 3.03. The monoisotopic (exact) mass is 270 g/mol. The number of methoxy groups -OCH3 is 1. The van der Waals surface area contributed by atoms with E-state index in [0.717, 1.165) is 17.1 Å². The summed E-state index contributed by atoms with van der Waals surface area (Å²) in [7, 11) is 1.72. The van der Waals surface area contributed by atoms with Crippen molar-refractivity contribution in [2.24, 2.45) is 5.73 Å². The van der Waals surface area contributed by atoms with Crippen LogP contribution in [0.3, 0.4) is 0 Å². The topological polar surface area (TPSA) is 48.1 Å². The Morgan fingerprint density at radius 2 is 1.78 bits per heavy atom. The molecule has 2 N–H and O–H groups in total. The molecule has 0 fully saturated rings. The van der Waals surface area contributed by atoms with Crippen molar-refractivity contribution in [1.29, 1.82) is 0 Å². The first-order valence-corrected chi connectivity index (χ1v) is 7.16. The van der Waals surface area contributed by atoms with Crippen LogP contribution >= 0.6 is 11.3 Å². The number of rotatable bonds is 4. The quantitative estimate of drug-likeness (QED) is 0.912. The van der Waals surface area contributed by atoms with Crippen molar-refractivity contribution in [1.82, 2.24) is 4.98 Å². The molecule has 0 saturated carbocycles. The SMILES string of the molecule is COC(C)(C)CC(C)(N)c1nc(C(C)(C)C)cs1. The third kappa shape index (κ3) is 3.77. The molecule has 0 aromatic carbocycles. The van der Waals surface area contributed by atoms with E-state index in [1.807, 2.05) is 6.92 Å². The highest BCUT2D eigenvalue weighted by Crippen LogP contribution is 2.33. The molecule has 0 aliphatic heterocycles. The van der Waals surface area contributed by atoms with Gasteiger partial charge in [-0.3, -0.25) is 0 Å². The van der Waals surface area contributed by atoms with Crippen molar-refractivity contribution >= 4 is 11.3 Å². The highest BCUT2D eigenvalue weighted by atomic mass is 32.1. The molecular formula is C14H26N2OS. The first kappa shape index (κ1) is 15.6. The molecular weight excluding hydrogens is 244 g/mol. The predicted molar refractivity (Wildman–Crippen MR) is 78.1 cm³/mol. The molecule has 1 atom stereocenters. The van der Waals surface area contributed by atoms with Crippen LogP contribution in [0.2, 0.25) is 0 Å². The summed E-state index contributed by atoms with van der Waals surface area (Å²) < 4.78 is 5.47. The zero-order valence-corrected chi connectivity index (χ0v) is 13.4. The van der Waals surface area contributed by atoms with Crippen molar-refractivity contribution < 1.29 is 4.74 Å². The lowest BCUT2D eigenvalue weighted by molar-refractivity contribution is -0.00150. The van der Waals surface area contributed by atoms with E-state index in [2.05, 4.69) is 40.0 Å². The third-order valence-corrected chi connectivity index (χ3v) is 4.23. The van der Waals surface area contributed by atoms with Gasteiger partial charge in [-0.25, -0.2) is 4.98 Å². The Morgan fingerprint density at radius 1 is 1.22 bits per heavy atom. The third-order valence-electron chi connectivity index (χ3n) is 3.11. The van der Waals surface area contributed by atoms with E-state index >= 15 is 0 Å². The summed E-state index contributed by atoms with van der Waals surface area (Å²) in [4.78, 5) is 4.71. The van der Waals surface area contributed by atoms with Crippen molar-refractivity contribution in [3.63, 3.8) is 0 Å². The van der Waals surface area contributed by atoms with Crippen LogP contribution in [-0.4, -0.2) is 17.7 Å². The van der Waals surface area contributed by atoms with Gasteiger partial charge >= 0.3 is 0 Å². The molecule has 0 aliphatic rings. The average Bonchev–Trinajstić information content (AvgIpc) is 2.64. The van der Waals surface area contributed by atoms with E-state index in [1.165, 1.54) is 0 Å². The normalized spacial score (nSPS) is 16.7. The van der Waals surface area contributed by atoms with Crippen LogP contribution in [0.4, 0.5) is 0 Å². The number of aromatic nitrogens is 1. The Balaban J connectivity index is 2.96. The van der Waals surface area contributed by atoms with Gasteiger partial charge < -0.3 is 10.5 Å². The maximum absolute atomic E-state index is 6.42. The van der Waals surface area contributed by atoms with Gasteiger partial charge in [-0.05, 0) is 20.8 Å². The Kier molecular flexibility index (Phi) is 4.26. The number of hydrogen-bond acceptors (Lipinski definition) is 4. The van der Waals surface area contributed by atoms with E-state index in [0.29, 0.717) is 0 Å². The minimum atomic E-state index is -0.451. The van der Waals surface area contributed by atoms with Crippen molar-refractivity contribution in [3.05, 3.63) is 16.1 Å². The lowest BCUT2D eigenvalue weighted by Gasteiger charge is -2.32. The minimum absolute atomic E-state index is 0.0710. The Labute approximate surface area is 115 Å². The number of nitrogens with two attached hydrogens (primary N) is 1. The first-order valence-electron chi connectivity index (χ1n) is 6.28. The summed E-state index contributed by atoms with van der Waals surface area (Å²) >= 11 is 1.64. The summed E-state index contributed by atoms with van der Waals surface area (Å²) in [5.41, 5.74) is 6.91. The lowest BCUT2D eigenvalue weighted by atomic mass is 9.88. The molecule has 104 valence electrons. The van der Waals surface area contributed by atoms with Gasteiger partial charge in [-0.15, -0.1) is 11.3 Å². The summed E-state index contributed by atoms with van der Waals surface area (Å²) in [6.07, 6.45) is 0.744. The molecule has 1 rings (SSSR count). The molecule has 0 saturated heterocycles. The Morgan fingerprint density at radius 3 is 2.17 bits per heavy atom. The van der Waals surface area contributed by atoms with Gasteiger partial charge in [0.15, 0.2) is 0 Å². The van der Waals surface area contributed by atoms with Crippen LogP contribution in [0.1, 0.15) is 58.7 Å². The van der Waals surface area contributed by atoms with E-state index in [-0.39, 0.29) is 11.0 Å². The average molecular weight is 270 g/mol. The molecule has 0 spiro atoms. The molecule has 1 heterocycles. The van der Waals surface area contributed by atoms with Gasteiger partial charge in [0, 0.05) is 24.3 Å². The van der Waals surface area contributed by atoms with Gasteiger partial charge in [0.1, 0.15) is 5.01 Å². The number of thiazole rings is 1. The molecule has 1 aromatic heterocycles. The van der Waals surface area contributed by atoms with Gasteiger partial charge in [-0.1, -0.05) is 20.8 Å². The molecule has 4 heteroatoms. The van der Waals surface area contributed by atoms with Crippen LogP contribution in [0.25, 0.3) is 0 Å². The molecule has 1 aromatic rings. The first-order chi connectivity index (χ1) is 7.98. The van der Waals surface area contributed by atoms with Gasteiger partial charge in [0.2, 0.25) is 0 Å². The molecule has 0 radical (unpaired) electrons. The Hall–Kier alpha value is -0.450. The highest BCUT2D eigenvalue weighted by Gasteiger charge is 2.33. The summed E-state index contributed by atoms with van der Waals surface area (Å²) in [6, 6.07) is 0. The molecule has 3 nitrogen and oxygen atoms in total. The second kappa shape index (κ2) is 4.91. The lowest BCUT2D eigenvalue weighted by Crippen LogP contribution is -2.41. The smallest absolute Gasteiger partial charge is 0.113 e. The number of hydrogen-bond donors (Lipinski definition) is 1. The molecule has 0 aliphatic carbocycles. The van der Waals surface area contributed by atoms with E-state index in [4.69, 9.17) is 15.5 Å². The molecule has 18 heavy (non-hydrogen) atoms. The summed E-state index contributed by atoms with van der Waals surface area (Å²) in [6.45, 7) is 12.6. The largest absolute Gasteiger partial charge is 0.379 e. The zero-order chi connectivity index (χ0) is 14.2. The fourth-order valence-electron chi connectivity index (χ4n) is 1.91. The molecule has 1 unspecified atom stereocenters. The van der Waals surface area contributed by atoms with Crippen molar-refractivity contribution in [2.45, 2.75) is 64.5 Å². The molecule has 0 amide bonds. The Bertz CT molecular complexity index is 402. The summed E-state index contributed by atoms with van der Waals surface area (Å²) in [5, 5.41) is 3.10. The van der Waals surface area contributed by atoms with Crippen LogP contribution in [0, 0.1) is 0 Å². The van der Waals surface area contributed by atoms with Crippen LogP contribution in [-0.2, 0) is 15.7 Å². The van der Waals surface area contributed by atoms with Crippen LogP contribution in [0.15, 0.2) is 5.38 Å². The number of ether oxygens (including phenoxy) is 1. The van der Waals surface area contributed by atoms with E-state index in [9.17, 15) is 0 Å². The van der Waals surface area contributed by atoms with Crippen molar-refractivity contribution in [2.75, 3.05) is 7.11 Å². The highest BCUT2D eigenvalue weighted by molar-refractivity contribution is 7.09.